The highest BCUT2D eigenvalue weighted by molar-refractivity contribution is 5.36. The Labute approximate surface area is 92.9 Å². The predicted octanol–water partition coefficient (Wildman–Crippen LogP) is 3.28. The Kier molecular flexibility index (Phi) is 3.33. The molecule has 0 aliphatic rings. The van der Waals surface area contributed by atoms with E-state index in [1.54, 1.807) is 19.9 Å². The topological polar surface area (TPSA) is 20.2 Å². The van der Waals surface area contributed by atoms with Crippen LogP contribution in [-0.2, 0) is 11.6 Å². The van der Waals surface area contributed by atoms with Crippen LogP contribution in [0.3, 0.4) is 0 Å². The van der Waals surface area contributed by atoms with Gasteiger partial charge in [-0.05, 0) is 24.1 Å². The molecule has 1 aromatic carbocycles. The second kappa shape index (κ2) is 4.09. The van der Waals surface area contributed by atoms with Crippen molar-refractivity contribution in [2.75, 3.05) is 6.61 Å². The van der Waals surface area contributed by atoms with E-state index in [0.717, 1.165) is 6.07 Å². The number of halogens is 3. The molecule has 1 rings (SSSR count). The first-order chi connectivity index (χ1) is 7.18. The summed E-state index contributed by atoms with van der Waals surface area (Å²) >= 11 is 0. The predicted molar refractivity (Wildman–Crippen MR) is 56.3 cm³/mol. The number of aliphatic hydroxyl groups is 1. The molecule has 0 unspecified atom stereocenters. The van der Waals surface area contributed by atoms with Crippen LogP contribution in [0.15, 0.2) is 18.2 Å². The maximum Gasteiger partial charge on any atom is 0.416 e. The van der Waals surface area contributed by atoms with Gasteiger partial charge in [0.2, 0.25) is 0 Å². The van der Waals surface area contributed by atoms with Gasteiger partial charge in [0.1, 0.15) is 0 Å². The monoisotopic (exact) mass is 232 g/mol. The summed E-state index contributed by atoms with van der Waals surface area (Å²) in [4.78, 5) is 0. The molecule has 0 aliphatic heterocycles. The Balaban J connectivity index is 3.29. The molecule has 0 aromatic heterocycles. The fourth-order valence-electron chi connectivity index (χ4n) is 1.44. The van der Waals surface area contributed by atoms with Gasteiger partial charge in [-0.15, -0.1) is 0 Å². The lowest BCUT2D eigenvalue weighted by atomic mass is 9.84. The molecule has 90 valence electrons. The molecule has 0 amide bonds. The molecule has 1 nitrogen and oxygen atoms in total. The molecule has 0 aliphatic carbocycles. The van der Waals surface area contributed by atoms with Crippen molar-refractivity contribution >= 4 is 0 Å². The smallest absolute Gasteiger partial charge is 0.395 e. The molecule has 0 radical (unpaired) electrons. The Morgan fingerprint density at radius 2 is 1.75 bits per heavy atom. The number of rotatable bonds is 2. The first-order valence-electron chi connectivity index (χ1n) is 4.97. The average Bonchev–Trinajstić information content (AvgIpc) is 2.16. The Hall–Kier alpha value is -1.03. The van der Waals surface area contributed by atoms with E-state index in [1.807, 2.05) is 0 Å². The molecular weight excluding hydrogens is 217 g/mol. The summed E-state index contributed by atoms with van der Waals surface area (Å²) in [6, 6.07) is 4.18. The third kappa shape index (κ3) is 2.55. The maximum atomic E-state index is 12.7. The number of aliphatic hydroxyl groups excluding tert-OH is 1. The Morgan fingerprint density at radius 3 is 2.19 bits per heavy atom. The number of alkyl halides is 3. The van der Waals surface area contributed by atoms with E-state index in [9.17, 15) is 13.2 Å². The molecule has 0 saturated carbocycles. The third-order valence-electron chi connectivity index (χ3n) is 2.72. The van der Waals surface area contributed by atoms with Gasteiger partial charge in [0.25, 0.3) is 0 Å². The minimum Gasteiger partial charge on any atom is -0.395 e. The molecule has 0 heterocycles. The lowest BCUT2D eigenvalue weighted by Gasteiger charge is -2.24. The van der Waals surface area contributed by atoms with Crippen LogP contribution in [0.4, 0.5) is 13.2 Å². The van der Waals surface area contributed by atoms with E-state index in [1.165, 1.54) is 13.0 Å². The summed E-state index contributed by atoms with van der Waals surface area (Å²) in [6.45, 7) is 4.65. The maximum absolute atomic E-state index is 12.7. The van der Waals surface area contributed by atoms with Crippen LogP contribution in [0, 0.1) is 6.92 Å². The molecule has 16 heavy (non-hydrogen) atoms. The summed E-state index contributed by atoms with van der Waals surface area (Å²) in [7, 11) is 0. The highest BCUT2D eigenvalue weighted by Gasteiger charge is 2.33. The quantitative estimate of drug-likeness (QED) is 0.829. The minimum atomic E-state index is -4.34. The number of aryl methyl sites for hydroxylation is 1. The van der Waals surface area contributed by atoms with Gasteiger partial charge in [-0.1, -0.05) is 26.0 Å². The van der Waals surface area contributed by atoms with E-state index in [-0.39, 0.29) is 12.2 Å². The van der Waals surface area contributed by atoms with Gasteiger partial charge in [-0.25, -0.2) is 0 Å². The van der Waals surface area contributed by atoms with Crippen molar-refractivity contribution < 1.29 is 18.3 Å². The summed E-state index contributed by atoms with van der Waals surface area (Å²) < 4.78 is 38.0. The minimum absolute atomic E-state index is 0.187. The molecule has 0 spiro atoms. The second-order valence-corrected chi connectivity index (χ2v) is 4.57. The van der Waals surface area contributed by atoms with Crippen LogP contribution in [0.25, 0.3) is 0 Å². The lowest BCUT2D eigenvalue weighted by Crippen LogP contribution is -2.23. The zero-order chi connectivity index (χ0) is 12.6. The second-order valence-electron chi connectivity index (χ2n) is 4.57. The van der Waals surface area contributed by atoms with Crippen molar-refractivity contribution in [3.05, 3.63) is 34.9 Å². The first-order valence-corrected chi connectivity index (χ1v) is 4.97. The van der Waals surface area contributed by atoms with E-state index < -0.39 is 17.2 Å². The molecule has 1 N–H and O–H groups in total. The molecule has 0 saturated heterocycles. The highest BCUT2D eigenvalue weighted by atomic mass is 19.4. The number of hydrogen-bond acceptors (Lipinski definition) is 1. The summed E-state index contributed by atoms with van der Waals surface area (Å²) in [6.07, 6.45) is -4.34. The molecule has 0 atom stereocenters. The van der Waals surface area contributed by atoms with E-state index in [4.69, 9.17) is 5.11 Å². The molecule has 4 heteroatoms. The van der Waals surface area contributed by atoms with Crippen molar-refractivity contribution in [2.24, 2.45) is 0 Å². The summed E-state index contributed by atoms with van der Waals surface area (Å²) in [5, 5.41) is 9.13. The van der Waals surface area contributed by atoms with Crippen LogP contribution in [0.5, 0.6) is 0 Å². The van der Waals surface area contributed by atoms with Crippen molar-refractivity contribution in [1.82, 2.24) is 0 Å². The Morgan fingerprint density at radius 1 is 1.19 bits per heavy atom. The fourth-order valence-corrected chi connectivity index (χ4v) is 1.44. The van der Waals surface area contributed by atoms with Crippen molar-refractivity contribution in [3.8, 4) is 0 Å². The van der Waals surface area contributed by atoms with Gasteiger partial charge in [-0.3, -0.25) is 0 Å². The van der Waals surface area contributed by atoms with Crippen molar-refractivity contribution in [2.45, 2.75) is 32.4 Å². The van der Waals surface area contributed by atoms with Crippen LogP contribution in [0.1, 0.15) is 30.5 Å². The van der Waals surface area contributed by atoms with Gasteiger partial charge in [-0.2, -0.15) is 13.2 Å². The molecule has 0 bridgehead atoms. The first kappa shape index (κ1) is 13.0. The largest absolute Gasteiger partial charge is 0.416 e. The fraction of sp³-hybridized carbons (Fsp3) is 0.500. The summed E-state index contributed by atoms with van der Waals surface area (Å²) in [5.74, 6) is 0. The lowest BCUT2D eigenvalue weighted by molar-refractivity contribution is -0.138. The van der Waals surface area contributed by atoms with Crippen LogP contribution < -0.4 is 0 Å². The number of benzene rings is 1. The average molecular weight is 232 g/mol. The van der Waals surface area contributed by atoms with Gasteiger partial charge in [0, 0.05) is 5.41 Å². The standard InChI is InChI=1S/C12H15F3O/c1-8-4-5-9(11(2,3)7-16)6-10(8)12(13,14)15/h4-6,16H,7H2,1-3H3. The van der Waals surface area contributed by atoms with Crippen molar-refractivity contribution in [1.29, 1.82) is 0 Å². The zero-order valence-electron chi connectivity index (χ0n) is 9.52. The van der Waals surface area contributed by atoms with E-state index in [2.05, 4.69) is 0 Å². The zero-order valence-corrected chi connectivity index (χ0v) is 9.52. The Bertz CT molecular complexity index is 380. The van der Waals surface area contributed by atoms with Gasteiger partial charge >= 0.3 is 6.18 Å². The molecule has 1 aromatic rings. The van der Waals surface area contributed by atoms with Crippen LogP contribution in [0.2, 0.25) is 0 Å². The van der Waals surface area contributed by atoms with Gasteiger partial charge < -0.3 is 5.11 Å². The normalized spacial score (nSPS) is 12.9. The molecule has 0 fully saturated rings. The molecular formula is C12H15F3O. The SMILES string of the molecule is Cc1ccc(C(C)(C)CO)cc1C(F)(F)F. The van der Waals surface area contributed by atoms with Gasteiger partial charge in [0.05, 0.1) is 12.2 Å². The highest BCUT2D eigenvalue weighted by Crippen LogP contribution is 2.34. The van der Waals surface area contributed by atoms with Crippen LogP contribution in [-0.4, -0.2) is 11.7 Å². The van der Waals surface area contributed by atoms with E-state index in [0.29, 0.717) is 5.56 Å². The third-order valence-corrected chi connectivity index (χ3v) is 2.72. The van der Waals surface area contributed by atoms with Gasteiger partial charge in [0.15, 0.2) is 0 Å². The number of hydrogen-bond donors (Lipinski definition) is 1. The van der Waals surface area contributed by atoms with Crippen LogP contribution >= 0.6 is 0 Å². The van der Waals surface area contributed by atoms with Crippen molar-refractivity contribution in [3.63, 3.8) is 0 Å². The summed E-state index contributed by atoms with van der Waals surface area (Å²) in [5.41, 5.74) is -0.599. The van der Waals surface area contributed by atoms with E-state index >= 15 is 0 Å².